The summed E-state index contributed by atoms with van der Waals surface area (Å²) < 4.78 is 5.41. The predicted octanol–water partition coefficient (Wildman–Crippen LogP) is 0.625. The summed E-state index contributed by atoms with van der Waals surface area (Å²) in [6.45, 7) is 0.868. The summed E-state index contributed by atoms with van der Waals surface area (Å²) in [6.07, 6.45) is 5.70. The number of nitrogens with one attached hydrogen (secondary N) is 2. The van der Waals surface area contributed by atoms with Gasteiger partial charge in [0.15, 0.2) is 0 Å². The van der Waals surface area contributed by atoms with Gasteiger partial charge in [-0.3, -0.25) is 9.48 Å². The summed E-state index contributed by atoms with van der Waals surface area (Å²) in [4.78, 5) is 11.6. The van der Waals surface area contributed by atoms with E-state index in [1.54, 1.807) is 10.9 Å². The number of carbonyl (C=O) groups excluding carboxylic acids is 1. The highest BCUT2D eigenvalue weighted by Gasteiger charge is 2.23. The average molecular weight is 278 g/mol. The summed E-state index contributed by atoms with van der Waals surface area (Å²) in [5.74, 6) is 0.0147. The normalized spacial score (nSPS) is 14.3. The second-order valence-electron chi connectivity index (χ2n) is 4.52. The van der Waals surface area contributed by atoms with E-state index in [-0.39, 0.29) is 12.5 Å². The number of hydrogen-bond donors (Lipinski definition) is 2. The van der Waals surface area contributed by atoms with E-state index in [2.05, 4.69) is 25.3 Å². The smallest absolute Gasteiger partial charge is 0.241 e. The van der Waals surface area contributed by atoms with E-state index in [1.807, 2.05) is 11.6 Å². The second kappa shape index (κ2) is 5.35. The standard InChI is InChI=1S/C11H14N6OS/c18-11(14-8-1-2-8)6-17-5-9(4-13-17)12-3-10-7-19-16-15-10/h4-5,7-8,12H,1-3,6H2,(H,14,18). The molecule has 0 aromatic carbocycles. The molecule has 1 aliphatic carbocycles. The molecule has 1 saturated carbocycles. The molecule has 1 aliphatic rings. The molecule has 0 unspecified atom stereocenters. The van der Waals surface area contributed by atoms with Crippen LogP contribution in [0.4, 0.5) is 5.69 Å². The average Bonchev–Trinajstić information content (AvgIpc) is 2.91. The Balaban J connectivity index is 1.49. The number of amides is 1. The van der Waals surface area contributed by atoms with E-state index in [4.69, 9.17) is 0 Å². The van der Waals surface area contributed by atoms with Gasteiger partial charge in [-0.2, -0.15) is 5.10 Å². The highest BCUT2D eigenvalue weighted by atomic mass is 32.1. The molecule has 0 spiro atoms. The van der Waals surface area contributed by atoms with E-state index in [9.17, 15) is 4.79 Å². The maximum Gasteiger partial charge on any atom is 0.241 e. The summed E-state index contributed by atoms with van der Waals surface area (Å²) >= 11 is 1.33. The van der Waals surface area contributed by atoms with Gasteiger partial charge in [0.1, 0.15) is 6.54 Å². The molecule has 19 heavy (non-hydrogen) atoms. The quantitative estimate of drug-likeness (QED) is 0.809. The molecule has 8 heteroatoms. The number of nitrogens with zero attached hydrogens (tertiary/aromatic N) is 4. The van der Waals surface area contributed by atoms with Gasteiger partial charge in [0.2, 0.25) is 5.91 Å². The van der Waals surface area contributed by atoms with Gasteiger partial charge in [-0.1, -0.05) is 4.49 Å². The monoisotopic (exact) mass is 278 g/mol. The molecule has 100 valence electrons. The molecule has 1 fully saturated rings. The summed E-state index contributed by atoms with van der Waals surface area (Å²) in [7, 11) is 0. The van der Waals surface area contributed by atoms with Crippen LogP contribution in [0.3, 0.4) is 0 Å². The molecule has 0 bridgehead atoms. The fourth-order valence-electron chi connectivity index (χ4n) is 1.64. The molecule has 0 radical (unpaired) electrons. The molecular weight excluding hydrogens is 264 g/mol. The SMILES string of the molecule is O=C(Cn1cc(NCc2csnn2)cn1)NC1CC1. The van der Waals surface area contributed by atoms with Gasteiger partial charge in [0.25, 0.3) is 0 Å². The Hall–Kier alpha value is -1.96. The van der Waals surface area contributed by atoms with Crippen molar-refractivity contribution >= 4 is 23.1 Å². The summed E-state index contributed by atoms with van der Waals surface area (Å²) in [5, 5.41) is 16.1. The van der Waals surface area contributed by atoms with Crippen molar-refractivity contribution in [1.29, 1.82) is 0 Å². The minimum absolute atomic E-state index is 0.0147. The van der Waals surface area contributed by atoms with Crippen molar-refractivity contribution in [2.75, 3.05) is 5.32 Å². The first-order valence-electron chi connectivity index (χ1n) is 6.11. The van der Waals surface area contributed by atoms with E-state index in [0.717, 1.165) is 24.2 Å². The first-order valence-corrected chi connectivity index (χ1v) is 6.95. The van der Waals surface area contributed by atoms with Crippen LogP contribution >= 0.6 is 11.5 Å². The van der Waals surface area contributed by atoms with Gasteiger partial charge in [0.05, 0.1) is 24.1 Å². The van der Waals surface area contributed by atoms with Crippen LogP contribution < -0.4 is 10.6 Å². The van der Waals surface area contributed by atoms with Crippen LogP contribution in [0.2, 0.25) is 0 Å². The molecule has 0 aliphatic heterocycles. The fourth-order valence-corrected chi connectivity index (χ4v) is 2.09. The van der Waals surface area contributed by atoms with Gasteiger partial charge < -0.3 is 10.6 Å². The highest BCUT2D eigenvalue weighted by Crippen LogP contribution is 2.18. The van der Waals surface area contributed by atoms with Crippen molar-refractivity contribution in [2.24, 2.45) is 0 Å². The third kappa shape index (κ3) is 3.50. The summed E-state index contributed by atoms with van der Waals surface area (Å²) in [5.41, 5.74) is 1.76. The largest absolute Gasteiger partial charge is 0.377 e. The number of hydrogen-bond acceptors (Lipinski definition) is 6. The fraction of sp³-hybridized carbons (Fsp3) is 0.455. The third-order valence-electron chi connectivity index (χ3n) is 2.76. The minimum Gasteiger partial charge on any atom is -0.377 e. The number of aromatic nitrogens is 4. The Morgan fingerprint density at radius 2 is 2.42 bits per heavy atom. The first-order chi connectivity index (χ1) is 9.29. The Bertz CT molecular complexity index is 547. The van der Waals surface area contributed by atoms with Crippen LogP contribution in [0.25, 0.3) is 0 Å². The maximum atomic E-state index is 11.6. The Morgan fingerprint density at radius 3 is 3.16 bits per heavy atom. The molecule has 2 aromatic heterocycles. The minimum atomic E-state index is 0.0147. The molecule has 2 heterocycles. The third-order valence-corrected chi connectivity index (χ3v) is 3.31. The lowest BCUT2D eigenvalue weighted by atomic mass is 10.4. The topological polar surface area (TPSA) is 84.7 Å². The van der Waals surface area contributed by atoms with Crippen LogP contribution in [0, 0.1) is 0 Å². The van der Waals surface area contributed by atoms with Gasteiger partial charge >= 0.3 is 0 Å². The molecule has 2 N–H and O–H groups in total. The Morgan fingerprint density at radius 1 is 1.53 bits per heavy atom. The van der Waals surface area contributed by atoms with E-state index >= 15 is 0 Å². The Kier molecular flexibility index (Phi) is 3.41. The van der Waals surface area contributed by atoms with E-state index in [1.165, 1.54) is 11.5 Å². The lowest BCUT2D eigenvalue weighted by Gasteiger charge is -2.03. The van der Waals surface area contributed by atoms with Crippen molar-refractivity contribution in [1.82, 2.24) is 24.7 Å². The van der Waals surface area contributed by atoms with Crippen LogP contribution in [0.15, 0.2) is 17.8 Å². The molecular formula is C11H14N6OS. The predicted molar refractivity (Wildman–Crippen MR) is 70.6 cm³/mol. The van der Waals surface area contributed by atoms with Crippen molar-refractivity contribution < 1.29 is 4.79 Å². The van der Waals surface area contributed by atoms with Gasteiger partial charge in [0, 0.05) is 17.6 Å². The van der Waals surface area contributed by atoms with Crippen molar-refractivity contribution in [3.63, 3.8) is 0 Å². The molecule has 0 atom stereocenters. The van der Waals surface area contributed by atoms with Crippen molar-refractivity contribution in [3.8, 4) is 0 Å². The highest BCUT2D eigenvalue weighted by molar-refractivity contribution is 7.03. The first kappa shape index (κ1) is 12.1. The zero-order chi connectivity index (χ0) is 13.1. The summed E-state index contributed by atoms with van der Waals surface area (Å²) in [6, 6.07) is 0.387. The van der Waals surface area contributed by atoms with Gasteiger partial charge in [-0.05, 0) is 24.4 Å². The maximum absolute atomic E-state index is 11.6. The van der Waals surface area contributed by atoms with Crippen molar-refractivity contribution in [3.05, 3.63) is 23.5 Å². The number of rotatable bonds is 6. The van der Waals surface area contributed by atoms with E-state index in [0.29, 0.717) is 12.6 Å². The zero-order valence-corrected chi connectivity index (χ0v) is 11.1. The molecule has 1 amide bonds. The van der Waals surface area contributed by atoms with Crippen LogP contribution in [0.1, 0.15) is 18.5 Å². The van der Waals surface area contributed by atoms with E-state index < -0.39 is 0 Å². The number of carbonyl (C=O) groups is 1. The van der Waals surface area contributed by atoms with Gasteiger partial charge in [-0.25, -0.2) is 0 Å². The van der Waals surface area contributed by atoms with Crippen LogP contribution in [0.5, 0.6) is 0 Å². The second-order valence-corrected chi connectivity index (χ2v) is 5.13. The molecule has 7 nitrogen and oxygen atoms in total. The van der Waals surface area contributed by atoms with Crippen LogP contribution in [-0.2, 0) is 17.9 Å². The number of anilines is 1. The molecule has 3 rings (SSSR count). The zero-order valence-electron chi connectivity index (χ0n) is 10.2. The van der Waals surface area contributed by atoms with Gasteiger partial charge in [-0.15, -0.1) is 5.10 Å². The lowest BCUT2D eigenvalue weighted by molar-refractivity contribution is -0.122. The Labute approximate surface area is 114 Å². The van der Waals surface area contributed by atoms with Crippen LogP contribution in [-0.4, -0.2) is 31.3 Å². The molecule has 0 saturated heterocycles. The molecule has 2 aromatic rings. The van der Waals surface area contributed by atoms with Crippen molar-refractivity contribution in [2.45, 2.75) is 32.0 Å². The lowest BCUT2D eigenvalue weighted by Crippen LogP contribution is -2.29.